The van der Waals surface area contributed by atoms with Crippen LogP contribution in [0.15, 0.2) is 33.9 Å². The van der Waals surface area contributed by atoms with Gasteiger partial charge in [-0.3, -0.25) is 18.9 Å². The molecule has 3 aromatic rings. The molecule has 28 heavy (non-hydrogen) atoms. The van der Waals surface area contributed by atoms with E-state index >= 15 is 0 Å². The molecule has 0 saturated heterocycles. The number of nitrogens with one attached hydrogen (secondary N) is 2. The zero-order valence-electron chi connectivity index (χ0n) is 16.2. The van der Waals surface area contributed by atoms with Crippen molar-refractivity contribution in [1.29, 1.82) is 0 Å². The van der Waals surface area contributed by atoms with Crippen molar-refractivity contribution in [3.05, 3.63) is 50.7 Å². The molecule has 0 amide bonds. The van der Waals surface area contributed by atoms with Crippen LogP contribution < -0.4 is 21.3 Å². The van der Waals surface area contributed by atoms with Gasteiger partial charge in [0.25, 0.3) is 5.56 Å². The number of anilines is 1. The second-order valence-corrected chi connectivity index (χ2v) is 7.17. The Hall–Kier alpha value is -3.03. The smallest absolute Gasteiger partial charge is 0.330 e. The van der Waals surface area contributed by atoms with Gasteiger partial charge in [-0.05, 0) is 37.5 Å². The first kappa shape index (κ1) is 18.3. The number of hydrogen-bond acceptors (Lipinski definition) is 5. The molecule has 0 bridgehead atoms. The van der Waals surface area contributed by atoms with Crippen LogP contribution in [0, 0.1) is 0 Å². The molecule has 8 heteroatoms. The van der Waals surface area contributed by atoms with Crippen molar-refractivity contribution >= 4 is 17.1 Å². The zero-order valence-corrected chi connectivity index (χ0v) is 16.2. The molecule has 8 nitrogen and oxygen atoms in total. The second-order valence-electron chi connectivity index (χ2n) is 7.17. The topological polar surface area (TPSA) is 93.9 Å². The van der Waals surface area contributed by atoms with Crippen LogP contribution >= 0.6 is 0 Å². The maximum Gasteiger partial charge on any atom is 0.330 e. The number of H-pyrrole nitrogens is 1. The highest BCUT2D eigenvalue weighted by molar-refractivity contribution is 5.73. The van der Waals surface area contributed by atoms with Crippen LogP contribution in [0.3, 0.4) is 0 Å². The highest BCUT2D eigenvalue weighted by Gasteiger charge is 2.21. The zero-order chi connectivity index (χ0) is 19.7. The van der Waals surface area contributed by atoms with Crippen LogP contribution in [-0.4, -0.2) is 32.3 Å². The molecule has 4 rings (SSSR count). The SMILES string of the molecule is CCn1c(=O)[nH]c2nc(NC3CCCC3)n(Cc3ccc(OC)cc3)c2c1=O. The first-order valence-corrected chi connectivity index (χ1v) is 9.73. The van der Waals surface area contributed by atoms with Crippen molar-refractivity contribution in [3.8, 4) is 5.75 Å². The van der Waals surface area contributed by atoms with E-state index in [2.05, 4.69) is 15.3 Å². The van der Waals surface area contributed by atoms with Gasteiger partial charge in [0.1, 0.15) is 5.75 Å². The predicted molar refractivity (Wildman–Crippen MR) is 108 cm³/mol. The summed E-state index contributed by atoms with van der Waals surface area (Å²) in [6.07, 6.45) is 4.55. The minimum Gasteiger partial charge on any atom is -0.497 e. The Labute approximate surface area is 162 Å². The van der Waals surface area contributed by atoms with Crippen LogP contribution in [0.5, 0.6) is 5.75 Å². The number of rotatable bonds is 6. The largest absolute Gasteiger partial charge is 0.497 e. The minimum atomic E-state index is -0.429. The standard InChI is InChI=1S/C20H25N5O3/c1-3-24-18(26)16-17(23-20(24)27)22-19(21-14-6-4-5-7-14)25(16)12-13-8-10-15(28-2)11-9-13/h8-11,14H,3-7,12H2,1-2H3,(H,21,22)(H,23,27). The van der Waals surface area contributed by atoms with Crippen LogP contribution in [0.25, 0.3) is 11.2 Å². The molecule has 1 aliphatic carbocycles. The quantitative estimate of drug-likeness (QED) is 0.681. The molecular formula is C20H25N5O3. The summed E-state index contributed by atoms with van der Waals surface area (Å²) in [4.78, 5) is 32.5. The maximum atomic E-state index is 13.0. The van der Waals surface area contributed by atoms with Gasteiger partial charge in [0.15, 0.2) is 11.2 Å². The monoisotopic (exact) mass is 383 g/mol. The van der Waals surface area contributed by atoms with Gasteiger partial charge in [0.2, 0.25) is 5.95 Å². The van der Waals surface area contributed by atoms with Crippen LogP contribution in [0.4, 0.5) is 5.95 Å². The van der Waals surface area contributed by atoms with E-state index < -0.39 is 5.69 Å². The fourth-order valence-electron chi connectivity index (χ4n) is 3.86. The summed E-state index contributed by atoms with van der Waals surface area (Å²) in [5, 5.41) is 3.48. The molecule has 0 atom stereocenters. The summed E-state index contributed by atoms with van der Waals surface area (Å²) in [6, 6.07) is 8.06. The number of ether oxygens (including phenoxy) is 1. The molecule has 2 aromatic heterocycles. The molecule has 2 N–H and O–H groups in total. The normalized spacial score (nSPS) is 14.6. The van der Waals surface area contributed by atoms with Crippen LogP contribution in [0.1, 0.15) is 38.2 Å². The van der Waals surface area contributed by atoms with E-state index in [0.717, 1.165) is 24.2 Å². The summed E-state index contributed by atoms with van der Waals surface area (Å²) in [6.45, 7) is 2.56. The van der Waals surface area contributed by atoms with Gasteiger partial charge < -0.3 is 10.1 Å². The van der Waals surface area contributed by atoms with Gasteiger partial charge in [-0.2, -0.15) is 4.98 Å². The van der Waals surface area contributed by atoms with Gasteiger partial charge >= 0.3 is 5.69 Å². The predicted octanol–water partition coefficient (Wildman–Crippen LogP) is 2.32. The van der Waals surface area contributed by atoms with Crippen LogP contribution in [0.2, 0.25) is 0 Å². The summed E-state index contributed by atoms with van der Waals surface area (Å²) < 4.78 is 8.30. The van der Waals surface area contributed by atoms with E-state index in [9.17, 15) is 9.59 Å². The molecule has 0 spiro atoms. The lowest BCUT2D eigenvalue weighted by atomic mass is 10.2. The van der Waals surface area contributed by atoms with Crippen molar-refractivity contribution in [2.75, 3.05) is 12.4 Å². The molecule has 0 radical (unpaired) electrons. The Morgan fingerprint density at radius 2 is 1.89 bits per heavy atom. The molecule has 148 valence electrons. The number of aromatic nitrogens is 4. The van der Waals surface area contributed by atoms with Gasteiger partial charge in [0.05, 0.1) is 13.7 Å². The Morgan fingerprint density at radius 1 is 1.18 bits per heavy atom. The fourth-order valence-corrected chi connectivity index (χ4v) is 3.86. The summed E-state index contributed by atoms with van der Waals surface area (Å²) in [7, 11) is 1.63. The highest BCUT2D eigenvalue weighted by atomic mass is 16.5. The van der Waals surface area contributed by atoms with Crippen molar-refractivity contribution in [2.45, 2.75) is 51.7 Å². The highest BCUT2D eigenvalue weighted by Crippen LogP contribution is 2.24. The molecular weight excluding hydrogens is 358 g/mol. The molecule has 1 fully saturated rings. The number of nitrogens with zero attached hydrogens (tertiary/aromatic N) is 3. The van der Waals surface area contributed by atoms with Crippen LogP contribution in [-0.2, 0) is 13.1 Å². The van der Waals surface area contributed by atoms with Crippen molar-refractivity contribution < 1.29 is 4.74 Å². The van der Waals surface area contributed by atoms with E-state index in [1.165, 1.54) is 17.4 Å². The Bertz CT molecular complexity index is 1090. The number of imidazole rings is 1. The lowest BCUT2D eigenvalue weighted by Crippen LogP contribution is -2.35. The Kier molecular flexibility index (Phi) is 4.93. The minimum absolute atomic E-state index is 0.309. The number of methoxy groups -OCH3 is 1. The molecule has 1 saturated carbocycles. The first-order valence-electron chi connectivity index (χ1n) is 9.73. The van der Waals surface area contributed by atoms with Gasteiger partial charge in [-0.25, -0.2) is 4.79 Å². The summed E-state index contributed by atoms with van der Waals surface area (Å²) in [5.41, 5.74) is 1.01. The number of aromatic amines is 1. The summed E-state index contributed by atoms with van der Waals surface area (Å²) >= 11 is 0. The number of fused-ring (bicyclic) bond motifs is 1. The van der Waals surface area contributed by atoms with E-state index in [1.54, 1.807) is 14.0 Å². The second kappa shape index (κ2) is 7.53. The Balaban J connectivity index is 1.83. The average molecular weight is 383 g/mol. The number of benzene rings is 1. The third-order valence-electron chi connectivity index (χ3n) is 5.39. The van der Waals surface area contributed by atoms with E-state index in [1.807, 2.05) is 28.8 Å². The fraction of sp³-hybridized carbons (Fsp3) is 0.450. The molecule has 1 aliphatic rings. The van der Waals surface area contributed by atoms with E-state index in [4.69, 9.17) is 4.74 Å². The Morgan fingerprint density at radius 3 is 2.54 bits per heavy atom. The van der Waals surface area contributed by atoms with E-state index in [0.29, 0.717) is 36.2 Å². The van der Waals surface area contributed by atoms with Crippen molar-refractivity contribution in [2.24, 2.45) is 0 Å². The lowest BCUT2D eigenvalue weighted by molar-refractivity contribution is 0.414. The van der Waals surface area contributed by atoms with Gasteiger partial charge in [-0.1, -0.05) is 25.0 Å². The third kappa shape index (κ3) is 3.30. The third-order valence-corrected chi connectivity index (χ3v) is 5.39. The molecule has 1 aromatic carbocycles. The van der Waals surface area contributed by atoms with Crippen molar-refractivity contribution in [1.82, 2.24) is 19.1 Å². The van der Waals surface area contributed by atoms with Gasteiger partial charge in [-0.15, -0.1) is 0 Å². The maximum absolute atomic E-state index is 13.0. The lowest BCUT2D eigenvalue weighted by Gasteiger charge is -2.15. The molecule has 0 unspecified atom stereocenters. The van der Waals surface area contributed by atoms with Gasteiger partial charge in [0, 0.05) is 12.6 Å². The van der Waals surface area contributed by atoms with E-state index in [-0.39, 0.29) is 5.56 Å². The molecule has 2 heterocycles. The average Bonchev–Trinajstić information content (AvgIpc) is 3.31. The summed E-state index contributed by atoms with van der Waals surface area (Å²) in [5.74, 6) is 1.40. The first-order chi connectivity index (χ1) is 13.6. The number of hydrogen-bond donors (Lipinski definition) is 2. The molecule has 0 aliphatic heterocycles. The van der Waals surface area contributed by atoms with Crippen molar-refractivity contribution in [3.63, 3.8) is 0 Å².